The van der Waals surface area contributed by atoms with Gasteiger partial charge in [0, 0.05) is 36.0 Å². The van der Waals surface area contributed by atoms with Crippen LogP contribution in [0.25, 0.3) is 0 Å². The number of amides is 2. The normalized spacial score (nSPS) is 24.5. The number of fused-ring (bicyclic) bond motifs is 3. The van der Waals surface area contributed by atoms with E-state index in [-0.39, 0.29) is 22.6 Å². The maximum atomic E-state index is 13.6. The number of rotatable bonds is 5. The Hall–Kier alpha value is -4.74. The van der Waals surface area contributed by atoms with Crippen LogP contribution < -0.4 is 4.90 Å². The highest BCUT2D eigenvalue weighted by molar-refractivity contribution is 6.25. The van der Waals surface area contributed by atoms with E-state index in [4.69, 9.17) is 0 Å². The molecule has 0 aliphatic carbocycles. The molecule has 3 aliphatic heterocycles. The number of hydrogen-bond acceptors (Lipinski definition) is 9. The molecule has 0 aromatic heterocycles. The largest absolute Gasteiger partial charge is 0.292 e. The third kappa shape index (κ3) is 3.29. The molecule has 2 aromatic carbocycles. The lowest BCUT2D eigenvalue weighted by atomic mass is 9.86. The first-order valence-electron chi connectivity index (χ1n) is 10.6. The first kappa shape index (κ1) is 22.1. The average Bonchev–Trinajstić information content (AvgIpc) is 3.31. The lowest BCUT2D eigenvalue weighted by Gasteiger charge is -2.30. The number of anilines is 1. The Bertz CT molecular complexity index is 1380. The second-order valence-electron chi connectivity index (χ2n) is 8.43. The summed E-state index contributed by atoms with van der Waals surface area (Å²) in [5.41, 5.74) is 0.132. The van der Waals surface area contributed by atoms with Gasteiger partial charge in [0.25, 0.3) is 11.4 Å². The van der Waals surface area contributed by atoms with Crippen molar-refractivity contribution >= 4 is 40.9 Å². The van der Waals surface area contributed by atoms with Gasteiger partial charge in [0.2, 0.25) is 11.8 Å². The van der Waals surface area contributed by atoms with Crippen molar-refractivity contribution in [3.63, 3.8) is 0 Å². The van der Waals surface area contributed by atoms with E-state index in [1.165, 1.54) is 47.6 Å². The first-order valence-corrected chi connectivity index (χ1v) is 10.6. The lowest BCUT2D eigenvalue weighted by molar-refractivity contribution is -0.385. The van der Waals surface area contributed by atoms with E-state index >= 15 is 0 Å². The number of carbonyl (C=O) groups is 3. The van der Waals surface area contributed by atoms with Gasteiger partial charge in [-0.3, -0.25) is 39.6 Å². The molecule has 12 heteroatoms. The Morgan fingerprint density at radius 1 is 0.971 bits per heavy atom. The molecule has 2 fully saturated rings. The Labute approximate surface area is 197 Å². The van der Waals surface area contributed by atoms with Crippen LogP contribution in [-0.4, -0.2) is 50.8 Å². The highest BCUT2D eigenvalue weighted by Crippen LogP contribution is 2.47. The Morgan fingerprint density at radius 3 is 2.34 bits per heavy atom. The van der Waals surface area contributed by atoms with Crippen LogP contribution in [0.15, 0.2) is 59.7 Å². The van der Waals surface area contributed by atoms with Gasteiger partial charge in [-0.15, -0.1) is 0 Å². The molecule has 0 bridgehead atoms. The summed E-state index contributed by atoms with van der Waals surface area (Å²) >= 11 is 0. The zero-order valence-corrected chi connectivity index (χ0v) is 18.2. The summed E-state index contributed by atoms with van der Waals surface area (Å²) in [6, 6.07) is 7.17. The van der Waals surface area contributed by atoms with Crippen molar-refractivity contribution in [1.82, 2.24) is 5.01 Å². The number of Topliss-reactive ketones (excluding diaryl/α,β-unsaturated/α-hetero) is 1. The van der Waals surface area contributed by atoms with Gasteiger partial charge in [0.15, 0.2) is 5.78 Å². The topological polar surface area (TPSA) is 156 Å². The number of allylic oxidation sites excluding steroid dienone is 1. The maximum Gasteiger partial charge on any atom is 0.270 e. The van der Waals surface area contributed by atoms with Crippen molar-refractivity contribution in [2.45, 2.75) is 19.0 Å². The van der Waals surface area contributed by atoms with Gasteiger partial charge in [0.1, 0.15) is 6.04 Å². The number of hydrazone groups is 1. The summed E-state index contributed by atoms with van der Waals surface area (Å²) in [6.07, 6.45) is 4.75. The van der Waals surface area contributed by atoms with E-state index in [0.29, 0.717) is 5.56 Å². The summed E-state index contributed by atoms with van der Waals surface area (Å²) in [6.45, 7) is 1.56. The average molecular weight is 475 g/mol. The number of carbonyl (C=O) groups excluding carboxylic acids is 3. The molecule has 2 saturated heterocycles. The molecule has 0 N–H and O–H groups in total. The highest BCUT2D eigenvalue weighted by atomic mass is 16.6. The van der Waals surface area contributed by atoms with Crippen LogP contribution in [0.2, 0.25) is 0 Å². The lowest BCUT2D eigenvalue weighted by Crippen LogP contribution is -2.46. The third-order valence-electron chi connectivity index (χ3n) is 6.53. The summed E-state index contributed by atoms with van der Waals surface area (Å²) < 4.78 is 0. The van der Waals surface area contributed by atoms with E-state index in [1.54, 1.807) is 19.1 Å². The van der Waals surface area contributed by atoms with Gasteiger partial charge in [-0.05, 0) is 24.6 Å². The number of nitro groups is 2. The minimum absolute atomic E-state index is 0.0265. The third-order valence-corrected chi connectivity index (χ3v) is 6.53. The number of non-ortho nitro benzene ring substituents is 2. The number of hydrogen-bond donors (Lipinski definition) is 0. The zero-order chi connectivity index (χ0) is 25.0. The van der Waals surface area contributed by atoms with Gasteiger partial charge >= 0.3 is 0 Å². The molecule has 176 valence electrons. The second kappa shape index (κ2) is 7.94. The van der Waals surface area contributed by atoms with Crippen LogP contribution in [0.5, 0.6) is 0 Å². The molecule has 0 unspecified atom stereocenters. The number of aryl methyl sites for hydroxylation is 1. The van der Waals surface area contributed by atoms with Crippen LogP contribution in [-0.2, 0) is 9.59 Å². The maximum absolute atomic E-state index is 13.6. The Kier molecular flexibility index (Phi) is 5.01. The van der Waals surface area contributed by atoms with Gasteiger partial charge in [0.05, 0.1) is 33.4 Å². The molecule has 35 heavy (non-hydrogen) atoms. The molecule has 12 nitrogen and oxygen atoms in total. The fraction of sp³-hybridized carbons (Fsp3) is 0.217. The fourth-order valence-electron chi connectivity index (χ4n) is 5.02. The SMILES string of the molecule is Cc1cc([N+](=O)[O-])ccc1N1C(=O)[C@@H]2[C@H](C1=O)[C@H](C(=O)c1cccc([N+](=O)[O-])c1)N1N=CC=C[C@@H]21. The van der Waals surface area contributed by atoms with E-state index in [9.17, 15) is 34.6 Å². The van der Waals surface area contributed by atoms with Gasteiger partial charge in [-0.2, -0.15) is 5.10 Å². The van der Waals surface area contributed by atoms with Crippen LogP contribution >= 0.6 is 0 Å². The smallest absolute Gasteiger partial charge is 0.270 e. The monoisotopic (exact) mass is 475 g/mol. The second-order valence-corrected chi connectivity index (χ2v) is 8.43. The number of nitrogens with zero attached hydrogens (tertiary/aromatic N) is 5. The van der Waals surface area contributed by atoms with Crippen LogP contribution in [0, 0.1) is 39.0 Å². The van der Waals surface area contributed by atoms with Crippen molar-refractivity contribution in [2.24, 2.45) is 16.9 Å². The number of ketones is 1. The Morgan fingerprint density at radius 2 is 1.66 bits per heavy atom. The molecule has 3 heterocycles. The molecule has 4 atom stereocenters. The molecule has 0 radical (unpaired) electrons. The van der Waals surface area contributed by atoms with Crippen molar-refractivity contribution in [2.75, 3.05) is 4.90 Å². The van der Waals surface area contributed by atoms with Crippen LogP contribution in [0.1, 0.15) is 15.9 Å². The minimum atomic E-state index is -1.16. The first-order chi connectivity index (χ1) is 16.7. The van der Waals surface area contributed by atoms with E-state index in [0.717, 1.165) is 11.0 Å². The standard InChI is InChI=1S/C23H17N5O7/c1-12-10-15(28(34)35)7-8-16(12)25-22(30)18-17-6-3-9-24-26(17)20(19(18)23(25)31)21(29)13-4-2-5-14(11-13)27(32)33/h2-11,17-20H,1H3/t17-,18-,19-,20+/m0/s1. The quantitative estimate of drug-likeness (QED) is 0.276. The summed E-state index contributed by atoms with van der Waals surface area (Å²) in [7, 11) is 0. The highest BCUT2D eigenvalue weighted by Gasteiger charge is 2.64. The molecule has 0 saturated carbocycles. The van der Waals surface area contributed by atoms with Crippen molar-refractivity contribution in [3.05, 3.63) is 86.0 Å². The number of benzene rings is 2. The molecule has 2 amide bonds. The predicted octanol–water partition coefficient (Wildman–Crippen LogP) is 2.41. The van der Waals surface area contributed by atoms with Gasteiger partial charge < -0.3 is 0 Å². The van der Waals surface area contributed by atoms with Crippen molar-refractivity contribution in [1.29, 1.82) is 0 Å². The number of imide groups is 1. The zero-order valence-electron chi connectivity index (χ0n) is 18.2. The van der Waals surface area contributed by atoms with Crippen molar-refractivity contribution < 1.29 is 24.2 Å². The molecular weight excluding hydrogens is 458 g/mol. The molecule has 3 aliphatic rings. The van der Waals surface area contributed by atoms with E-state index in [2.05, 4.69) is 5.10 Å². The van der Waals surface area contributed by atoms with E-state index in [1.807, 2.05) is 0 Å². The fourth-order valence-corrected chi connectivity index (χ4v) is 5.02. The van der Waals surface area contributed by atoms with Crippen molar-refractivity contribution in [3.8, 4) is 0 Å². The summed E-state index contributed by atoms with van der Waals surface area (Å²) in [4.78, 5) is 62.8. The predicted molar refractivity (Wildman–Crippen MR) is 122 cm³/mol. The summed E-state index contributed by atoms with van der Waals surface area (Å²) in [5, 5.41) is 28.0. The molecule has 2 aromatic rings. The molecule has 0 spiro atoms. The minimum Gasteiger partial charge on any atom is -0.292 e. The van der Waals surface area contributed by atoms with Gasteiger partial charge in [-0.25, -0.2) is 4.90 Å². The Balaban J connectivity index is 1.57. The van der Waals surface area contributed by atoms with Crippen LogP contribution in [0.4, 0.5) is 17.1 Å². The summed E-state index contributed by atoms with van der Waals surface area (Å²) in [5.74, 6) is -3.74. The van der Waals surface area contributed by atoms with Crippen LogP contribution in [0.3, 0.4) is 0 Å². The number of nitro benzene ring substituents is 2. The molecule has 5 rings (SSSR count). The molecular formula is C23H17N5O7. The van der Waals surface area contributed by atoms with E-state index < -0.39 is 51.4 Å². The van der Waals surface area contributed by atoms with Gasteiger partial charge in [-0.1, -0.05) is 18.2 Å².